The molecule has 0 bridgehead atoms. The zero-order valence-corrected chi connectivity index (χ0v) is 65.2. The third-order valence-corrected chi connectivity index (χ3v) is 19.0. The lowest BCUT2D eigenvalue weighted by molar-refractivity contribution is -0.152. The lowest BCUT2D eigenvalue weighted by Gasteiger charge is -2.38. The predicted octanol–water partition coefficient (Wildman–Crippen LogP) is 3.26. The van der Waals surface area contributed by atoms with Crippen molar-refractivity contribution in [1.29, 1.82) is 0 Å². The fourth-order valence-corrected chi connectivity index (χ4v) is 12.9. The highest BCUT2D eigenvalue weighted by Gasteiger charge is 2.44. The lowest BCUT2D eigenvalue weighted by Crippen LogP contribution is -2.63. The molecule has 0 aliphatic carbocycles. The molecule has 0 radical (unpaired) electrons. The molecule has 5 rings (SSSR count). The molecule has 2 aliphatic rings. The van der Waals surface area contributed by atoms with Gasteiger partial charge in [-0.2, -0.15) is 0 Å². The maximum atomic E-state index is 15.6. The van der Waals surface area contributed by atoms with Gasteiger partial charge < -0.3 is 75.5 Å². The summed E-state index contributed by atoms with van der Waals surface area (Å²) in [5, 5.41) is 25.1. The van der Waals surface area contributed by atoms with Crippen LogP contribution in [0.1, 0.15) is 138 Å². The molecule has 3 aromatic rings. The number of amides is 12. The Morgan fingerprint density at radius 1 is 0.547 bits per heavy atom. The van der Waals surface area contributed by atoms with E-state index in [2.05, 4.69) is 31.6 Å². The van der Waals surface area contributed by atoms with Crippen LogP contribution in [0, 0.1) is 29.5 Å². The third kappa shape index (κ3) is 25.6. The Morgan fingerprint density at radius 2 is 1.05 bits per heavy atom. The molecule has 0 saturated carbocycles. The van der Waals surface area contributed by atoms with Gasteiger partial charge >= 0.3 is 0 Å². The molecule has 2 aliphatic heterocycles. The first-order valence-corrected chi connectivity index (χ1v) is 36.7. The number of hydrogen-bond donors (Lipinski definition) is 6. The first kappa shape index (κ1) is 87.7. The number of carbonyl (C=O) groups excluding carboxylic acids is 12. The van der Waals surface area contributed by atoms with Gasteiger partial charge in [0, 0.05) is 74.4 Å². The average Bonchev–Trinajstić information content (AvgIpc) is 0.812. The highest BCUT2D eigenvalue weighted by molar-refractivity contribution is 6.00. The standard InChI is InChI=1S/C77H116FN13O15/c1-46(2)34-58-67(95)82-57(45-106-77(10,11)12)72(100)89(17)61(38-52-30-24-20-25-31-52)74(102)90(18)66(49(7)8)70(98)80-55(73(101)91-32-26-21-27-33-91)39-62(93)83-64(48(5)6)76(104)88(16)60(37-51-28-22-19-23-29-51)68(96)81-56(44-105-43-53-36-54(78)41-79-40-53)71(99)87(15)59(35-47(3)4)69(97)84-65(50(9)92)75(103)85(13)42-63(94)86(58)14/h19-20,22-25,28-31,36,40-41,46-50,55-61,64-66,92H,21,26-27,32-35,37-39,42-45H2,1-18H3,(H,80,98)(H,81,96)(H,82,95)(H,83,93)(H,84,97)/t50-,55+,56+,57+,58+,59+,60+,61+,64-,65+,66+/m1/s1. The maximum absolute atomic E-state index is 15.6. The largest absolute Gasteiger partial charge is 0.391 e. The zero-order valence-electron chi connectivity index (χ0n) is 65.2. The van der Waals surface area contributed by atoms with E-state index in [0.29, 0.717) is 37.1 Å². The van der Waals surface area contributed by atoms with Gasteiger partial charge in [0.2, 0.25) is 70.9 Å². The van der Waals surface area contributed by atoms with E-state index in [4.69, 9.17) is 9.47 Å². The van der Waals surface area contributed by atoms with Gasteiger partial charge in [-0.25, -0.2) is 4.39 Å². The molecular formula is C77H116FN13O15. The zero-order chi connectivity index (χ0) is 79.2. The predicted molar refractivity (Wildman–Crippen MR) is 395 cm³/mol. The maximum Gasteiger partial charge on any atom is 0.248 e. The van der Waals surface area contributed by atoms with E-state index in [-0.39, 0.29) is 49.7 Å². The molecule has 28 nitrogen and oxygen atoms in total. The second-order valence-electron chi connectivity index (χ2n) is 30.6. The second kappa shape index (κ2) is 40.7. The number of likely N-dealkylation sites (tertiary alicyclic amines) is 1. The van der Waals surface area contributed by atoms with Crippen LogP contribution < -0.4 is 26.6 Å². The van der Waals surface area contributed by atoms with Crippen molar-refractivity contribution in [3.63, 3.8) is 0 Å². The molecule has 2 saturated heterocycles. The van der Waals surface area contributed by atoms with Crippen molar-refractivity contribution < 1.29 is 76.5 Å². The van der Waals surface area contributed by atoms with Crippen molar-refractivity contribution in [2.24, 2.45) is 23.7 Å². The van der Waals surface area contributed by atoms with Crippen molar-refractivity contribution in [1.82, 2.24) is 65.9 Å². The van der Waals surface area contributed by atoms with Crippen molar-refractivity contribution >= 4 is 70.9 Å². The number of rotatable bonds is 18. The van der Waals surface area contributed by atoms with Gasteiger partial charge in [0.15, 0.2) is 0 Å². The Labute approximate surface area is 624 Å². The average molecular weight is 1480 g/mol. The highest BCUT2D eigenvalue weighted by atomic mass is 19.1. The van der Waals surface area contributed by atoms with Gasteiger partial charge in [0.05, 0.1) is 50.7 Å². The van der Waals surface area contributed by atoms with Gasteiger partial charge in [0.1, 0.15) is 66.2 Å². The molecular weight excluding hydrogens is 1370 g/mol. The number of carbonyl (C=O) groups is 12. The second-order valence-corrected chi connectivity index (χ2v) is 30.6. The molecule has 11 atom stereocenters. The van der Waals surface area contributed by atoms with Crippen LogP contribution in [0.5, 0.6) is 0 Å². The van der Waals surface area contributed by atoms with Crippen LogP contribution in [0.2, 0.25) is 0 Å². The number of nitrogens with zero attached hydrogens (tertiary/aromatic N) is 8. The summed E-state index contributed by atoms with van der Waals surface area (Å²) in [7, 11) is 8.04. The molecule has 3 heterocycles. The highest BCUT2D eigenvalue weighted by Crippen LogP contribution is 2.23. The van der Waals surface area contributed by atoms with E-state index in [0.717, 1.165) is 38.3 Å². The molecule has 29 heteroatoms. The molecule has 586 valence electrons. The van der Waals surface area contributed by atoms with Crippen LogP contribution in [-0.4, -0.2) is 263 Å². The molecule has 0 unspecified atom stereocenters. The van der Waals surface area contributed by atoms with Crippen LogP contribution >= 0.6 is 0 Å². The number of aliphatic hydroxyl groups is 1. The van der Waals surface area contributed by atoms with Crippen molar-refractivity contribution in [3.05, 3.63) is 102 Å². The number of hydrogen-bond acceptors (Lipinski definition) is 16. The van der Waals surface area contributed by atoms with Crippen LogP contribution in [-0.2, 0) is 86.5 Å². The summed E-state index contributed by atoms with van der Waals surface area (Å²) in [6, 6.07) is 3.84. The minimum Gasteiger partial charge on any atom is -0.391 e. The van der Waals surface area contributed by atoms with Crippen LogP contribution in [0.3, 0.4) is 0 Å². The third-order valence-electron chi connectivity index (χ3n) is 19.0. The number of nitrogens with one attached hydrogen (secondary N) is 5. The molecule has 106 heavy (non-hydrogen) atoms. The number of aliphatic hydroxyl groups excluding tert-OH is 1. The first-order chi connectivity index (χ1) is 49.7. The van der Waals surface area contributed by atoms with E-state index in [9.17, 15) is 38.3 Å². The smallest absolute Gasteiger partial charge is 0.248 e. The molecule has 1 aromatic heterocycles. The Bertz CT molecular complexity index is 3480. The van der Waals surface area contributed by atoms with Crippen molar-refractivity contribution in [2.75, 3.05) is 75.1 Å². The summed E-state index contributed by atoms with van der Waals surface area (Å²) >= 11 is 0. The summed E-state index contributed by atoms with van der Waals surface area (Å²) < 4.78 is 26.6. The number of piperidine rings is 1. The van der Waals surface area contributed by atoms with E-state index in [1.54, 1.807) is 128 Å². The SMILES string of the molecule is CC(C)C[C@H]1C(=O)N[C@@H](COC(C)(C)C)C(=O)N(C)[C@@H](Cc2ccccc2)C(=O)N(C)[C@@H](C(C)C)C(=O)N[C@H](C(=O)N2CCCCC2)CC(=O)N[C@H](C(C)C)C(=O)N(C)[C@@H](Cc2ccccc2)C(=O)N[C@@H](COCc2cncc(F)c2)C(=O)N(C)[C@@H](CC(C)C)C(=O)N[C@@H]([C@@H](C)O)C(=O)N(C)CC(=O)N1C. The first-order valence-electron chi connectivity index (χ1n) is 36.7. The number of benzene rings is 2. The summed E-state index contributed by atoms with van der Waals surface area (Å²) in [5.74, 6) is -12.4. The Hall–Kier alpha value is -8.96. The Balaban J connectivity index is 1.71. The number of likely N-dealkylation sites (N-methyl/N-ethyl adjacent to an activating group) is 6. The minimum absolute atomic E-state index is 0.0385. The number of pyridine rings is 1. The lowest BCUT2D eigenvalue weighted by atomic mass is 9.97. The topological polar surface area (TPSA) is 339 Å². The molecule has 0 spiro atoms. The summed E-state index contributed by atoms with van der Waals surface area (Å²) in [4.78, 5) is 193. The summed E-state index contributed by atoms with van der Waals surface area (Å²) in [6.07, 6.45) is 1.87. The van der Waals surface area contributed by atoms with Crippen molar-refractivity contribution in [2.45, 2.75) is 213 Å². The molecule has 6 N–H and O–H groups in total. The number of aromatic nitrogens is 1. The Morgan fingerprint density at radius 3 is 1.56 bits per heavy atom. The van der Waals surface area contributed by atoms with Gasteiger partial charge in [-0.15, -0.1) is 0 Å². The monoisotopic (exact) mass is 1480 g/mol. The van der Waals surface area contributed by atoms with Gasteiger partial charge in [0.25, 0.3) is 0 Å². The van der Waals surface area contributed by atoms with Crippen LogP contribution in [0.25, 0.3) is 0 Å². The molecule has 12 amide bonds. The van der Waals surface area contributed by atoms with E-state index >= 15 is 28.8 Å². The quantitative estimate of drug-likeness (QED) is 0.106. The molecule has 2 aromatic carbocycles. The minimum atomic E-state index is -1.74. The summed E-state index contributed by atoms with van der Waals surface area (Å²) in [6.45, 7) is 18.9. The number of halogens is 1. The van der Waals surface area contributed by atoms with Crippen molar-refractivity contribution in [3.8, 4) is 0 Å². The Kier molecular flexibility index (Phi) is 33.6. The fraction of sp³-hybridized carbons (Fsp3) is 0.623. The van der Waals surface area contributed by atoms with Crippen LogP contribution in [0.15, 0.2) is 79.1 Å². The van der Waals surface area contributed by atoms with E-state index in [1.165, 1.54) is 65.2 Å². The van der Waals surface area contributed by atoms with Crippen LogP contribution in [0.4, 0.5) is 4.39 Å². The normalized spacial score (nSPS) is 24.3. The van der Waals surface area contributed by atoms with Gasteiger partial charge in [-0.1, -0.05) is 116 Å². The molecule has 2 fully saturated rings. The number of ether oxygens (including phenoxy) is 2. The van der Waals surface area contributed by atoms with Gasteiger partial charge in [-0.3, -0.25) is 62.5 Å². The van der Waals surface area contributed by atoms with Gasteiger partial charge in [-0.05, 0) is 106 Å². The van der Waals surface area contributed by atoms with E-state index < -0.39 is 187 Å². The summed E-state index contributed by atoms with van der Waals surface area (Å²) in [5.41, 5.74) is 0.570. The van der Waals surface area contributed by atoms with E-state index in [1.807, 2.05) is 13.8 Å². The fourth-order valence-electron chi connectivity index (χ4n) is 12.9.